The second-order valence-corrected chi connectivity index (χ2v) is 9.84. The summed E-state index contributed by atoms with van der Waals surface area (Å²) in [5.41, 5.74) is 1.17. The molecule has 4 rings (SSSR count). The molecule has 2 heterocycles. The van der Waals surface area contributed by atoms with Gasteiger partial charge in [-0.2, -0.15) is 0 Å². The lowest BCUT2D eigenvalue weighted by atomic mass is 10.1. The Balaban J connectivity index is 1.39. The van der Waals surface area contributed by atoms with Crippen LogP contribution in [0.2, 0.25) is 0 Å². The van der Waals surface area contributed by atoms with E-state index in [0.717, 1.165) is 5.39 Å². The maximum Gasteiger partial charge on any atom is 0.315 e. The van der Waals surface area contributed by atoms with Gasteiger partial charge in [0.25, 0.3) is 15.9 Å². The van der Waals surface area contributed by atoms with Crippen LogP contribution in [0.25, 0.3) is 10.9 Å². The molecule has 2 aromatic carbocycles. The molecule has 1 aliphatic heterocycles. The van der Waals surface area contributed by atoms with E-state index in [0.29, 0.717) is 29.9 Å². The predicted octanol–water partition coefficient (Wildman–Crippen LogP) is 2.57. The minimum atomic E-state index is -3.86. The molecule has 10 heteroatoms. The van der Waals surface area contributed by atoms with Crippen LogP contribution >= 0.6 is 0 Å². The van der Waals surface area contributed by atoms with Crippen LogP contribution in [0.1, 0.15) is 24.2 Å². The van der Waals surface area contributed by atoms with Gasteiger partial charge in [-0.15, -0.1) is 0 Å². The van der Waals surface area contributed by atoms with Crippen molar-refractivity contribution in [2.24, 2.45) is 0 Å². The van der Waals surface area contributed by atoms with E-state index in [1.54, 1.807) is 59.6 Å². The smallest absolute Gasteiger partial charge is 0.315 e. The van der Waals surface area contributed by atoms with Gasteiger partial charge in [0.1, 0.15) is 4.90 Å². The van der Waals surface area contributed by atoms with Gasteiger partial charge in [0.05, 0.1) is 11.6 Å². The first kappa shape index (κ1) is 22.5. The number of nitrogens with zero attached hydrogens (tertiary/aromatic N) is 2. The van der Waals surface area contributed by atoms with Crippen LogP contribution < -0.4 is 15.4 Å². The maximum absolute atomic E-state index is 12.9. The number of nitrogens with one attached hydrogen (secondary N) is 3. The van der Waals surface area contributed by atoms with Gasteiger partial charge in [-0.25, -0.2) is 13.2 Å². The zero-order valence-corrected chi connectivity index (χ0v) is 19.1. The van der Waals surface area contributed by atoms with Crippen molar-refractivity contribution in [3.8, 4) is 0 Å². The fourth-order valence-corrected chi connectivity index (χ4v) is 4.83. The molecule has 1 aliphatic rings. The highest BCUT2D eigenvalue weighted by molar-refractivity contribution is 7.93. The van der Waals surface area contributed by atoms with Crippen LogP contribution in [0.3, 0.4) is 0 Å². The summed E-state index contributed by atoms with van der Waals surface area (Å²) in [5.74, 6) is -0.176. The molecule has 33 heavy (non-hydrogen) atoms. The number of carbonyl (C=O) groups is 2. The van der Waals surface area contributed by atoms with Gasteiger partial charge in [-0.1, -0.05) is 18.2 Å². The fourth-order valence-electron chi connectivity index (χ4n) is 3.59. The van der Waals surface area contributed by atoms with Crippen molar-refractivity contribution < 1.29 is 18.0 Å². The third-order valence-electron chi connectivity index (χ3n) is 5.19. The standard InChI is InChI=1S/C23H25N5O4S/c1-15(2)25-23(30)26-19-13-28(14-19)22(29)17-8-10-18(11-9-17)27-33(31,32)20-7-3-5-16-6-4-12-24-21(16)20/h3-12,15,19,27H,13-14H2,1-2H3,(H2,25,26,30). The van der Waals surface area contributed by atoms with Gasteiger partial charge in [0.2, 0.25) is 0 Å². The highest BCUT2D eigenvalue weighted by atomic mass is 32.2. The van der Waals surface area contributed by atoms with Crippen molar-refractivity contribution in [2.45, 2.75) is 30.8 Å². The number of hydrogen-bond acceptors (Lipinski definition) is 5. The summed E-state index contributed by atoms with van der Waals surface area (Å²) in [6.07, 6.45) is 1.55. The van der Waals surface area contributed by atoms with Gasteiger partial charge in [0.15, 0.2) is 0 Å². The normalized spacial score (nSPS) is 14.1. The number of pyridine rings is 1. The summed E-state index contributed by atoms with van der Waals surface area (Å²) in [5, 5.41) is 6.30. The molecule has 172 valence electrons. The molecule has 0 saturated carbocycles. The first-order valence-corrected chi connectivity index (χ1v) is 12.0. The van der Waals surface area contributed by atoms with Gasteiger partial charge in [-0.05, 0) is 50.2 Å². The van der Waals surface area contributed by atoms with Crippen molar-refractivity contribution in [1.29, 1.82) is 0 Å². The Kier molecular flexibility index (Phi) is 6.19. The van der Waals surface area contributed by atoms with Crippen LogP contribution in [-0.2, 0) is 10.0 Å². The Labute approximate surface area is 192 Å². The van der Waals surface area contributed by atoms with Crippen LogP contribution in [0.5, 0.6) is 0 Å². The van der Waals surface area contributed by atoms with E-state index in [1.807, 2.05) is 13.8 Å². The predicted molar refractivity (Wildman–Crippen MR) is 125 cm³/mol. The quantitative estimate of drug-likeness (QED) is 0.515. The van der Waals surface area contributed by atoms with Crippen molar-refractivity contribution in [1.82, 2.24) is 20.5 Å². The number of aromatic nitrogens is 1. The first-order chi connectivity index (χ1) is 15.7. The summed E-state index contributed by atoms with van der Waals surface area (Å²) >= 11 is 0. The minimum Gasteiger partial charge on any atom is -0.336 e. The third-order valence-corrected chi connectivity index (χ3v) is 6.61. The van der Waals surface area contributed by atoms with Crippen molar-refractivity contribution in [3.05, 3.63) is 66.4 Å². The molecule has 0 radical (unpaired) electrons. The van der Waals surface area contributed by atoms with E-state index in [-0.39, 0.29) is 28.9 Å². The lowest BCUT2D eigenvalue weighted by Crippen LogP contribution is -2.62. The molecule has 0 bridgehead atoms. The Morgan fingerprint density at radius 2 is 1.73 bits per heavy atom. The second-order valence-electron chi connectivity index (χ2n) is 8.19. The molecular weight excluding hydrogens is 442 g/mol. The number of amides is 3. The van der Waals surface area contributed by atoms with E-state index in [2.05, 4.69) is 20.3 Å². The summed E-state index contributed by atoms with van der Waals surface area (Å²) in [7, 11) is -3.86. The number of fused-ring (bicyclic) bond motifs is 1. The van der Waals surface area contributed by atoms with E-state index in [9.17, 15) is 18.0 Å². The molecule has 0 unspecified atom stereocenters. The molecule has 0 atom stereocenters. The summed E-state index contributed by atoms with van der Waals surface area (Å²) in [4.78, 5) is 30.3. The lowest BCUT2D eigenvalue weighted by molar-refractivity contribution is 0.0577. The average molecular weight is 468 g/mol. The minimum absolute atomic E-state index is 0.0376. The number of urea groups is 1. The molecule has 0 aliphatic carbocycles. The first-order valence-electron chi connectivity index (χ1n) is 10.6. The Bertz CT molecular complexity index is 1280. The van der Waals surface area contributed by atoms with E-state index in [1.165, 1.54) is 6.07 Å². The highest BCUT2D eigenvalue weighted by Crippen LogP contribution is 2.24. The number of sulfonamides is 1. The number of hydrogen-bond donors (Lipinski definition) is 3. The number of para-hydroxylation sites is 1. The van der Waals surface area contributed by atoms with Gasteiger partial charge < -0.3 is 15.5 Å². The molecule has 1 fully saturated rings. The third kappa shape index (κ3) is 5.06. The number of carbonyl (C=O) groups excluding carboxylic acids is 2. The molecule has 0 spiro atoms. The Hall–Kier alpha value is -3.66. The number of likely N-dealkylation sites (tertiary alicyclic amines) is 1. The van der Waals surface area contributed by atoms with Crippen LogP contribution in [-0.4, -0.2) is 55.4 Å². The second kappa shape index (κ2) is 9.07. The monoisotopic (exact) mass is 467 g/mol. The average Bonchev–Trinajstić information content (AvgIpc) is 2.75. The topological polar surface area (TPSA) is 120 Å². The summed E-state index contributed by atoms with van der Waals surface area (Å²) in [6.45, 7) is 4.59. The zero-order valence-electron chi connectivity index (χ0n) is 18.3. The van der Waals surface area contributed by atoms with Crippen molar-refractivity contribution >= 4 is 38.6 Å². The zero-order chi connectivity index (χ0) is 23.6. The Morgan fingerprint density at radius 1 is 1.03 bits per heavy atom. The molecule has 3 aromatic rings. The lowest BCUT2D eigenvalue weighted by Gasteiger charge is -2.39. The SMILES string of the molecule is CC(C)NC(=O)NC1CN(C(=O)c2ccc(NS(=O)(=O)c3cccc4cccnc34)cc2)C1. The number of anilines is 1. The number of rotatable bonds is 6. The maximum atomic E-state index is 12.9. The molecule has 3 amide bonds. The molecule has 1 saturated heterocycles. The summed E-state index contributed by atoms with van der Waals surface area (Å²) in [6, 6.07) is 14.5. The van der Waals surface area contributed by atoms with Gasteiger partial charge in [0, 0.05) is 42.0 Å². The summed E-state index contributed by atoms with van der Waals surface area (Å²) < 4.78 is 28.4. The molecule has 1 aromatic heterocycles. The molecule has 9 nitrogen and oxygen atoms in total. The van der Waals surface area contributed by atoms with E-state index >= 15 is 0 Å². The highest BCUT2D eigenvalue weighted by Gasteiger charge is 2.32. The van der Waals surface area contributed by atoms with Crippen LogP contribution in [0.4, 0.5) is 10.5 Å². The van der Waals surface area contributed by atoms with E-state index in [4.69, 9.17) is 0 Å². The van der Waals surface area contributed by atoms with Crippen LogP contribution in [0, 0.1) is 0 Å². The van der Waals surface area contributed by atoms with Gasteiger partial charge >= 0.3 is 6.03 Å². The van der Waals surface area contributed by atoms with E-state index < -0.39 is 10.0 Å². The molecular formula is C23H25N5O4S. The largest absolute Gasteiger partial charge is 0.336 e. The van der Waals surface area contributed by atoms with Crippen molar-refractivity contribution in [3.63, 3.8) is 0 Å². The van der Waals surface area contributed by atoms with Crippen molar-refractivity contribution in [2.75, 3.05) is 17.8 Å². The molecule has 3 N–H and O–H groups in total. The van der Waals surface area contributed by atoms with Gasteiger partial charge in [-0.3, -0.25) is 14.5 Å². The number of benzene rings is 2. The fraction of sp³-hybridized carbons (Fsp3) is 0.261. The van der Waals surface area contributed by atoms with Crippen LogP contribution in [0.15, 0.2) is 65.7 Å². The Morgan fingerprint density at radius 3 is 2.42 bits per heavy atom.